The molecular weight excluding hydrogens is 292 g/mol. The average Bonchev–Trinajstić information content (AvgIpc) is 2.54. The first-order valence-corrected chi connectivity index (χ1v) is 8.63. The Balaban J connectivity index is 1.57. The maximum Gasteiger partial charge on any atom is 0.319 e. The van der Waals surface area contributed by atoms with Crippen molar-refractivity contribution in [3.8, 4) is 0 Å². The second kappa shape index (κ2) is 9.15. The van der Waals surface area contributed by atoms with E-state index in [4.69, 9.17) is 0 Å². The number of aryl methyl sites for hydroxylation is 1. The molecule has 0 saturated heterocycles. The molecule has 2 aromatic rings. The number of nitrogens with one attached hydrogen (secondary N) is 2. The molecule has 2 amide bonds. The van der Waals surface area contributed by atoms with E-state index in [1.54, 1.807) is 0 Å². The van der Waals surface area contributed by atoms with Crippen molar-refractivity contribution in [3.63, 3.8) is 0 Å². The van der Waals surface area contributed by atoms with Gasteiger partial charge in [0.05, 0.1) is 0 Å². The van der Waals surface area contributed by atoms with Gasteiger partial charge in [0.1, 0.15) is 0 Å². The van der Waals surface area contributed by atoms with Crippen molar-refractivity contribution in [2.75, 3.05) is 17.6 Å². The van der Waals surface area contributed by atoms with Crippen LogP contribution in [-0.4, -0.2) is 18.3 Å². The van der Waals surface area contributed by atoms with Gasteiger partial charge in [-0.2, -0.15) is 11.8 Å². The molecule has 0 unspecified atom stereocenters. The minimum atomic E-state index is -0.137. The lowest BCUT2D eigenvalue weighted by Crippen LogP contribution is -2.30. The molecule has 0 atom stereocenters. The van der Waals surface area contributed by atoms with E-state index in [1.807, 2.05) is 49.0 Å². The summed E-state index contributed by atoms with van der Waals surface area (Å²) in [6, 6.07) is 18.1. The van der Waals surface area contributed by atoms with Crippen LogP contribution in [0.25, 0.3) is 0 Å². The first kappa shape index (κ1) is 16.4. The number of para-hydroxylation sites is 1. The summed E-state index contributed by atoms with van der Waals surface area (Å²) in [5.41, 5.74) is 3.27. The van der Waals surface area contributed by atoms with E-state index in [9.17, 15) is 4.79 Å². The highest BCUT2D eigenvalue weighted by Gasteiger charge is 2.02. The van der Waals surface area contributed by atoms with Crippen molar-refractivity contribution in [1.29, 1.82) is 0 Å². The Bertz CT molecular complexity index is 587. The summed E-state index contributed by atoms with van der Waals surface area (Å²) < 4.78 is 0. The first-order valence-electron chi connectivity index (χ1n) is 7.48. The van der Waals surface area contributed by atoms with Crippen LogP contribution >= 0.6 is 11.8 Å². The zero-order valence-electron chi connectivity index (χ0n) is 12.8. The molecule has 0 aliphatic heterocycles. The van der Waals surface area contributed by atoms with E-state index in [-0.39, 0.29) is 6.03 Å². The van der Waals surface area contributed by atoms with E-state index in [0.717, 1.165) is 29.2 Å². The summed E-state index contributed by atoms with van der Waals surface area (Å²) in [5.74, 6) is 2.07. The number of thioether (sulfide) groups is 1. The lowest BCUT2D eigenvalue weighted by Gasteiger charge is -2.09. The number of amides is 2. The van der Waals surface area contributed by atoms with Crippen LogP contribution in [-0.2, 0) is 5.75 Å². The molecule has 0 spiro atoms. The Kier molecular flexibility index (Phi) is 6.84. The number of hydrogen-bond acceptors (Lipinski definition) is 2. The molecule has 0 aliphatic rings. The van der Waals surface area contributed by atoms with Crippen molar-refractivity contribution >= 4 is 23.5 Å². The van der Waals surface area contributed by atoms with Gasteiger partial charge in [0.2, 0.25) is 0 Å². The van der Waals surface area contributed by atoms with Crippen LogP contribution in [0.5, 0.6) is 0 Å². The molecule has 0 fully saturated rings. The molecule has 116 valence electrons. The van der Waals surface area contributed by atoms with E-state index in [1.165, 1.54) is 5.56 Å². The van der Waals surface area contributed by atoms with Crippen molar-refractivity contribution in [2.45, 2.75) is 19.1 Å². The molecule has 3 nitrogen and oxygen atoms in total. The fourth-order valence-corrected chi connectivity index (χ4v) is 2.94. The van der Waals surface area contributed by atoms with Crippen molar-refractivity contribution in [2.24, 2.45) is 0 Å². The molecule has 22 heavy (non-hydrogen) atoms. The summed E-state index contributed by atoms with van der Waals surface area (Å²) in [5, 5.41) is 5.76. The third-order valence-electron chi connectivity index (χ3n) is 3.26. The van der Waals surface area contributed by atoms with Gasteiger partial charge in [-0.15, -0.1) is 0 Å². The number of urea groups is 1. The number of hydrogen-bond donors (Lipinski definition) is 2. The number of benzene rings is 2. The van der Waals surface area contributed by atoms with Gasteiger partial charge < -0.3 is 10.6 Å². The summed E-state index contributed by atoms with van der Waals surface area (Å²) in [4.78, 5) is 11.8. The van der Waals surface area contributed by atoms with Crippen molar-refractivity contribution in [1.82, 2.24) is 5.32 Å². The van der Waals surface area contributed by atoms with E-state index in [0.29, 0.717) is 6.54 Å². The standard InChI is InChI=1S/C18H22N2OS/c1-15-8-5-6-11-17(15)20-18(21)19-12-7-13-22-14-16-9-3-2-4-10-16/h2-6,8-11H,7,12-14H2,1H3,(H2,19,20,21). The third kappa shape index (κ3) is 5.82. The van der Waals surface area contributed by atoms with E-state index < -0.39 is 0 Å². The minimum Gasteiger partial charge on any atom is -0.338 e. The smallest absolute Gasteiger partial charge is 0.319 e. The monoisotopic (exact) mass is 314 g/mol. The molecule has 4 heteroatoms. The maximum absolute atomic E-state index is 11.8. The molecule has 0 heterocycles. The maximum atomic E-state index is 11.8. The second-order valence-electron chi connectivity index (χ2n) is 5.09. The number of carbonyl (C=O) groups excluding carboxylic acids is 1. The van der Waals surface area contributed by atoms with Crippen molar-refractivity contribution in [3.05, 3.63) is 65.7 Å². The van der Waals surface area contributed by atoms with Crippen LogP contribution in [0.15, 0.2) is 54.6 Å². The zero-order valence-corrected chi connectivity index (χ0v) is 13.7. The van der Waals surface area contributed by atoms with Crippen molar-refractivity contribution < 1.29 is 4.79 Å². The molecule has 2 rings (SSSR count). The third-order valence-corrected chi connectivity index (χ3v) is 4.37. The van der Waals surface area contributed by atoms with Gasteiger partial charge >= 0.3 is 6.03 Å². The minimum absolute atomic E-state index is 0.137. The SMILES string of the molecule is Cc1ccccc1NC(=O)NCCCSCc1ccccc1. The zero-order chi connectivity index (χ0) is 15.6. The van der Waals surface area contributed by atoms with Crippen LogP contribution in [0.3, 0.4) is 0 Å². The molecule has 0 bridgehead atoms. The quantitative estimate of drug-likeness (QED) is 0.742. The number of rotatable bonds is 7. The molecule has 2 N–H and O–H groups in total. The van der Waals surface area contributed by atoms with Crippen LogP contribution in [0, 0.1) is 6.92 Å². The Labute approximate surface area is 136 Å². The number of carbonyl (C=O) groups is 1. The predicted octanol–water partition coefficient (Wildman–Crippen LogP) is 4.44. The molecule has 0 aromatic heterocycles. The summed E-state index contributed by atoms with van der Waals surface area (Å²) >= 11 is 1.89. The lowest BCUT2D eigenvalue weighted by atomic mass is 10.2. The fraction of sp³-hybridized carbons (Fsp3) is 0.278. The van der Waals surface area contributed by atoms with Crippen LogP contribution in [0.4, 0.5) is 10.5 Å². The lowest BCUT2D eigenvalue weighted by molar-refractivity contribution is 0.252. The summed E-state index contributed by atoms with van der Waals surface area (Å²) in [6.07, 6.45) is 0.971. The topological polar surface area (TPSA) is 41.1 Å². The van der Waals surface area contributed by atoms with Gasteiger partial charge in [0, 0.05) is 18.0 Å². The highest BCUT2D eigenvalue weighted by Crippen LogP contribution is 2.13. The Hall–Kier alpha value is -1.94. The molecule has 0 saturated carbocycles. The highest BCUT2D eigenvalue weighted by atomic mass is 32.2. The molecule has 0 aliphatic carbocycles. The summed E-state index contributed by atoms with van der Waals surface area (Å²) in [6.45, 7) is 2.68. The largest absolute Gasteiger partial charge is 0.338 e. The second-order valence-corrected chi connectivity index (χ2v) is 6.19. The first-order chi connectivity index (χ1) is 10.8. The summed E-state index contributed by atoms with van der Waals surface area (Å²) in [7, 11) is 0. The van der Waals surface area contributed by atoms with Gasteiger partial charge in [-0.05, 0) is 36.3 Å². The van der Waals surface area contributed by atoms with Gasteiger partial charge in [-0.3, -0.25) is 0 Å². The van der Waals surface area contributed by atoms with Gasteiger partial charge in [-0.25, -0.2) is 4.79 Å². The predicted molar refractivity (Wildman–Crippen MR) is 95.4 cm³/mol. The van der Waals surface area contributed by atoms with Gasteiger partial charge in [0.25, 0.3) is 0 Å². The van der Waals surface area contributed by atoms with Gasteiger partial charge in [-0.1, -0.05) is 48.5 Å². The Morgan fingerprint density at radius 2 is 1.77 bits per heavy atom. The van der Waals surface area contributed by atoms with E-state index >= 15 is 0 Å². The fourth-order valence-electron chi connectivity index (χ4n) is 2.02. The van der Waals surface area contributed by atoms with E-state index in [2.05, 4.69) is 34.9 Å². The Morgan fingerprint density at radius 1 is 1.05 bits per heavy atom. The molecule has 0 radical (unpaired) electrons. The normalized spacial score (nSPS) is 10.2. The van der Waals surface area contributed by atoms with Crippen LogP contribution in [0.2, 0.25) is 0 Å². The Morgan fingerprint density at radius 3 is 2.55 bits per heavy atom. The highest BCUT2D eigenvalue weighted by molar-refractivity contribution is 7.98. The van der Waals surface area contributed by atoms with Crippen LogP contribution < -0.4 is 10.6 Å². The van der Waals surface area contributed by atoms with Crippen LogP contribution in [0.1, 0.15) is 17.5 Å². The molecular formula is C18H22N2OS. The molecule has 2 aromatic carbocycles. The van der Waals surface area contributed by atoms with Gasteiger partial charge in [0.15, 0.2) is 0 Å². The average molecular weight is 314 g/mol. The number of anilines is 1.